The molecule has 1 aliphatic rings. The highest BCUT2D eigenvalue weighted by molar-refractivity contribution is 5.90. The fraction of sp³-hybridized carbons (Fsp3) is 0.692. The summed E-state index contributed by atoms with van der Waals surface area (Å²) in [6, 6.07) is 0. The molecule has 2 unspecified atom stereocenters. The van der Waals surface area contributed by atoms with Crippen LogP contribution in [-0.4, -0.2) is 34.4 Å². The van der Waals surface area contributed by atoms with E-state index in [1.807, 2.05) is 27.8 Å². The lowest BCUT2D eigenvalue weighted by molar-refractivity contribution is -0.154. The maximum Gasteiger partial charge on any atom is 0.169 e. The van der Waals surface area contributed by atoms with E-state index in [2.05, 4.69) is 5.10 Å². The van der Waals surface area contributed by atoms with Crippen LogP contribution >= 0.6 is 0 Å². The minimum absolute atomic E-state index is 0.132. The molecule has 5 heteroatoms. The normalized spacial score (nSPS) is 23.0. The number of aryl methyl sites for hydroxylation is 2. The first kappa shape index (κ1) is 13.1. The van der Waals surface area contributed by atoms with Gasteiger partial charge < -0.3 is 9.47 Å². The van der Waals surface area contributed by atoms with Gasteiger partial charge in [0.1, 0.15) is 11.8 Å². The van der Waals surface area contributed by atoms with Crippen molar-refractivity contribution in [3.8, 4) is 5.75 Å². The first-order valence-electron chi connectivity index (χ1n) is 6.35. The molecule has 0 radical (unpaired) electrons. The number of ketones is 1. The number of hydrogen-bond acceptors (Lipinski definition) is 4. The number of aromatic nitrogens is 2. The van der Waals surface area contributed by atoms with Crippen molar-refractivity contribution in [3.05, 3.63) is 11.4 Å². The molecular formula is C13H20N2O3. The summed E-state index contributed by atoms with van der Waals surface area (Å²) in [6.45, 7) is 6.48. The Hall–Kier alpha value is -1.36. The molecule has 1 aromatic rings. The van der Waals surface area contributed by atoms with Gasteiger partial charge in [0.2, 0.25) is 0 Å². The Morgan fingerprint density at radius 1 is 1.44 bits per heavy atom. The molecule has 5 nitrogen and oxygen atoms in total. The van der Waals surface area contributed by atoms with Crippen LogP contribution in [0.15, 0.2) is 0 Å². The van der Waals surface area contributed by atoms with E-state index in [4.69, 9.17) is 9.47 Å². The molecule has 1 fully saturated rings. The Kier molecular flexibility index (Phi) is 3.71. The number of Topliss-reactive ketones (excluding diaryl/α,β-unsaturated/α-hetero) is 1. The number of ether oxygens (including phenoxy) is 2. The number of hydrogen-bond donors (Lipinski definition) is 0. The van der Waals surface area contributed by atoms with Crippen LogP contribution in [0.4, 0.5) is 0 Å². The van der Waals surface area contributed by atoms with Crippen molar-refractivity contribution >= 4 is 5.78 Å². The van der Waals surface area contributed by atoms with Gasteiger partial charge in [-0.3, -0.25) is 9.48 Å². The zero-order valence-electron chi connectivity index (χ0n) is 11.4. The maximum absolute atomic E-state index is 11.5. The summed E-state index contributed by atoms with van der Waals surface area (Å²) in [5, 5.41) is 4.29. The summed E-state index contributed by atoms with van der Waals surface area (Å²) in [5.74, 6) is 0.910. The summed E-state index contributed by atoms with van der Waals surface area (Å²) in [7, 11) is 1.88. The van der Waals surface area contributed by atoms with E-state index in [0.29, 0.717) is 13.0 Å². The van der Waals surface area contributed by atoms with Gasteiger partial charge in [-0.15, -0.1) is 0 Å². The SMILES string of the molecule is CCCOC1C(=O)CC1Oc1c(C)nn(C)c1C. The van der Waals surface area contributed by atoms with Gasteiger partial charge in [-0.05, 0) is 20.3 Å². The average molecular weight is 252 g/mol. The zero-order valence-corrected chi connectivity index (χ0v) is 11.4. The number of carbonyl (C=O) groups excluding carboxylic acids is 1. The Balaban J connectivity index is 2.03. The molecule has 1 heterocycles. The second kappa shape index (κ2) is 5.10. The lowest BCUT2D eigenvalue weighted by atomic mass is 9.90. The Labute approximate surface area is 107 Å². The van der Waals surface area contributed by atoms with Crippen molar-refractivity contribution in [2.75, 3.05) is 6.61 Å². The number of nitrogens with zero attached hydrogens (tertiary/aromatic N) is 2. The van der Waals surface area contributed by atoms with Gasteiger partial charge in [0, 0.05) is 20.1 Å². The van der Waals surface area contributed by atoms with Gasteiger partial charge in [0.15, 0.2) is 17.6 Å². The third-order valence-corrected chi connectivity index (χ3v) is 3.27. The predicted octanol–water partition coefficient (Wildman–Crippen LogP) is 1.55. The molecule has 2 rings (SSSR count). The summed E-state index contributed by atoms with van der Waals surface area (Å²) < 4.78 is 13.2. The fourth-order valence-electron chi connectivity index (χ4n) is 2.09. The Bertz CT molecular complexity index is 453. The molecule has 0 bridgehead atoms. The van der Waals surface area contributed by atoms with Crippen molar-refractivity contribution in [2.45, 2.75) is 45.8 Å². The van der Waals surface area contributed by atoms with Crippen molar-refractivity contribution in [2.24, 2.45) is 7.05 Å². The molecule has 1 aliphatic carbocycles. The molecule has 0 saturated heterocycles. The van der Waals surface area contributed by atoms with Crippen LogP contribution in [0.1, 0.15) is 31.2 Å². The summed E-state index contributed by atoms with van der Waals surface area (Å²) in [4.78, 5) is 11.5. The van der Waals surface area contributed by atoms with Crippen molar-refractivity contribution < 1.29 is 14.3 Å². The van der Waals surface area contributed by atoms with Crippen LogP contribution in [0, 0.1) is 13.8 Å². The fourth-order valence-corrected chi connectivity index (χ4v) is 2.09. The van der Waals surface area contributed by atoms with Crippen molar-refractivity contribution in [1.82, 2.24) is 9.78 Å². The van der Waals surface area contributed by atoms with Crippen molar-refractivity contribution in [3.63, 3.8) is 0 Å². The van der Waals surface area contributed by atoms with Gasteiger partial charge in [0.05, 0.1) is 5.69 Å². The topological polar surface area (TPSA) is 53.4 Å². The third kappa shape index (κ3) is 2.27. The summed E-state index contributed by atoms with van der Waals surface area (Å²) >= 11 is 0. The predicted molar refractivity (Wildman–Crippen MR) is 66.8 cm³/mol. The highest BCUT2D eigenvalue weighted by atomic mass is 16.6. The van der Waals surface area contributed by atoms with E-state index in [-0.39, 0.29) is 11.9 Å². The highest BCUT2D eigenvalue weighted by Gasteiger charge is 2.43. The largest absolute Gasteiger partial charge is 0.483 e. The molecule has 1 aromatic heterocycles. The first-order valence-corrected chi connectivity index (χ1v) is 6.35. The van der Waals surface area contributed by atoms with Crippen LogP contribution < -0.4 is 4.74 Å². The lowest BCUT2D eigenvalue weighted by Gasteiger charge is -2.34. The van der Waals surface area contributed by atoms with E-state index in [1.54, 1.807) is 4.68 Å². The Morgan fingerprint density at radius 2 is 2.17 bits per heavy atom. The maximum atomic E-state index is 11.5. The number of carbonyl (C=O) groups is 1. The van der Waals surface area contributed by atoms with E-state index in [0.717, 1.165) is 23.6 Å². The molecule has 0 amide bonds. The van der Waals surface area contributed by atoms with Crippen molar-refractivity contribution in [1.29, 1.82) is 0 Å². The van der Waals surface area contributed by atoms with Crippen LogP contribution in [0.3, 0.4) is 0 Å². The Morgan fingerprint density at radius 3 is 2.67 bits per heavy atom. The highest BCUT2D eigenvalue weighted by Crippen LogP contribution is 2.29. The molecule has 0 N–H and O–H groups in total. The standard InChI is InChI=1S/C13H20N2O3/c1-5-6-17-13-10(16)7-11(13)18-12-8(2)14-15(4)9(12)3/h11,13H,5-7H2,1-4H3. The molecule has 2 atom stereocenters. The van der Waals surface area contributed by atoms with Crippen LogP contribution in [0.2, 0.25) is 0 Å². The van der Waals surface area contributed by atoms with E-state index in [1.165, 1.54) is 0 Å². The molecule has 100 valence electrons. The zero-order chi connectivity index (χ0) is 13.3. The molecule has 18 heavy (non-hydrogen) atoms. The van der Waals surface area contributed by atoms with E-state index < -0.39 is 6.10 Å². The minimum Gasteiger partial charge on any atom is -0.483 e. The molecular weight excluding hydrogens is 232 g/mol. The smallest absolute Gasteiger partial charge is 0.169 e. The molecule has 0 aliphatic heterocycles. The van der Waals surface area contributed by atoms with Gasteiger partial charge >= 0.3 is 0 Å². The number of rotatable bonds is 5. The second-order valence-electron chi connectivity index (χ2n) is 4.74. The van der Waals surface area contributed by atoms with Gasteiger partial charge in [0.25, 0.3) is 0 Å². The second-order valence-corrected chi connectivity index (χ2v) is 4.74. The molecule has 0 aromatic carbocycles. The third-order valence-electron chi connectivity index (χ3n) is 3.27. The van der Waals surface area contributed by atoms with Crippen LogP contribution in [0.25, 0.3) is 0 Å². The minimum atomic E-state index is -0.399. The first-order chi connectivity index (χ1) is 8.54. The lowest BCUT2D eigenvalue weighted by Crippen LogP contribution is -2.52. The van der Waals surface area contributed by atoms with Gasteiger partial charge in [-0.25, -0.2) is 0 Å². The average Bonchev–Trinajstić information content (AvgIpc) is 2.55. The molecule has 1 saturated carbocycles. The molecule has 0 spiro atoms. The monoisotopic (exact) mass is 252 g/mol. The van der Waals surface area contributed by atoms with Gasteiger partial charge in [-0.2, -0.15) is 5.10 Å². The quantitative estimate of drug-likeness (QED) is 0.798. The summed E-state index contributed by atoms with van der Waals surface area (Å²) in [6.07, 6.45) is 0.776. The van der Waals surface area contributed by atoms with E-state index in [9.17, 15) is 4.79 Å². The van der Waals surface area contributed by atoms with Crippen LogP contribution in [-0.2, 0) is 16.6 Å². The van der Waals surface area contributed by atoms with Gasteiger partial charge in [-0.1, -0.05) is 6.92 Å². The summed E-state index contributed by atoms with van der Waals surface area (Å²) in [5.41, 5.74) is 1.82. The van der Waals surface area contributed by atoms with Crippen LogP contribution in [0.5, 0.6) is 5.75 Å². The van der Waals surface area contributed by atoms with E-state index >= 15 is 0 Å².